The van der Waals surface area contributed by atoms with Crippen LogP contribution in [-0.2, 0) is 23.0 Å². The zero-order valence-electron chi connectivity index (χ0n) is 22.7. The van der Waals surface area contributed by atoms with Crippen LogP contribution in [0.25, 0.3) is 10.9 Å². The van der Waals surface area contributed by atoms with E-state index in [1.165, 1.54) is 17.1 Å². The molecule has 1 aromatic heterocycles. The highest BCUT2D eigenvalue weighted by molar-refractivity contribution is 7.92. The molecule has 2 aliphatic carbocycles. The molecular formula is C30H38N4O4S. The van der Waals surface area contributed by atoms with Crippen molar-refractivity contribution in [2.75, 3.05) is 23.7 Å². The summed E-state index contributed by atoms with van der Waals surface area (Å²) in [6.07, 6.45) is 7.33. The molecule has 0 spiro atoms. The average Bonchev–Trinajstić information content (AvgIpc) is 3.28. The van der Waals surface area contributed by atoms with Crippen molar-refractivity contribution in [3.8, 4) is 0 Å². The summed E-state index contributed by atoms with van der Waals surface area (Å²) < 4.78 is 29.2. The summed E-state index contributed by atoms with van der Waals surface area (Å²) in [6.45, 7) is 2.86. The van der Waals surface area contributed by atoms with Crippen LogP contribution in [0.4, 0.5) is 5.69 Å². The minimum absolute atomic E-state index is 0.00338. The predicted octanol–water partition coefficient (Wildman–Crippen LogP) is 3.53. The summed E-state index contributed by atoms with van der Waals surface area (Å²) in [4.78, 5) is 13.9. The Morgan fingerprint density at radius 2 is 1.92 bits per heavy atom. The number of rotatable bonds is 8. The van der Waals surface area contributed by atoms with Gasteiger partial charge in [0.2, 0.25) is 10.0 Å². The molecular weight excluding hydrogens is 512 g/mol. The number of aliphatic hydroxyl groups excluding tert-OH is 1. The second-order valence-corrected chi connectivity index (χ2v) is 13.6. The maximum absolute atomic E-state index is 13.9. The largest absolute Gasteiger partial charge is 0.389 e. The number of amides is 1. The maximum Gasteiger partial charge on any atom is 0.251 e. The third-order valence-corrected chi connectivity index (χ3v) is 10.9. The first kappa shape index (κ1) is 26.3. The zero-order chi connectivity index (χ0) is 27.4. The molecule has 0 radical (unpaired) electrons. The van der Waals surface area contributed by atoms with Crippen molar-refractivity contribution in [2.24, 2.45) is 0 Å². The lowest BCUT2D eigenvalue weighted by atomic mass is 9.99. The lowest BCUT2D eigenvalue weighted by Gasteiger charge is -2.28. The highest BCUT2D eigenvalue weighted by atomic mass is 32.2. The number of sulfonamides is 1. The molecule has 3 atom stereocenters. The summed E-state index contributed by atoms with van der Waals surface area (Å²) in [5, 5.41) is 19.1. The molecule has 3 aliphatic rings. The number of aryl methyl sites for hydroxylation is 2. The SMILES string of the molecule is CCc1cn2c3c(cc(C(=O)NC4([C@H](O)CNC5CCCC5)C[C@H]4c4ccccc4)cc13)N(C)S(=O)(=O)CC2. The molecule has 2 aromatic carbocycles. The summed E-state index contributed by atoms with van der Waals surface area (Å²) in [7, 11) is -1.95. The van der Waals surface area contributed by atoms with Gasteiger partial charge in [-0.25, -0.2) is 8.42 Å². The Bertz CT molecular complexity index is 1500. The van der Waals surface area contributed by atoms with Crippen LogP contribution in [0, 0.1) is 0 Å². The van der Waals surface area contributed by atoms with Crippen LogP contribution < -0.4 is 14.9 Å². The molecule has 1 aliphatic heterocycles. The number of hydrogen-bond acceptors (Lipinski definition) is 5. The van der Waals surface area contributed by atoms with E-state index in [0.717, 1.165) is 41.3 Å². The van der Waals surface area contributed by atoms with Crippen LogP contribution >= 0.6 is 0 Å². The van der Waals surface area contributed by atoms with Gasteiger partial charge < -0.3 is 20.3 Å². The number of carbonyl (C=O) groups excluding carboxylic acids is 1. The second-order valence-electron chi connectivity index (χ2n) is 11.4. The Labute approximate surface area is 230 Å². The van der Waals surface area contributed by atoms with Gasteiger partial charge in [0.1, 0.15) is 0 Å². The number of benzene rings is 2. The fraction of sp³-hybridized carbons (Fsp3) is 0.500. The number of anilines is 1. The molecule has 8 nitrogen and oxygen atoms in total. The zero-order valence-corrected chi connectivity index (χ0v) is 23.5. The van der Waals surface area contributed by atoms with E-state index >= 15 is 0 Å². The van der Waals surface area contributed by atoms with Crippen molar-refractivity contribution in [3.63, 3.8) is 0 Å². The summed E-state index contributed by atoms with van der Waals surface area (Å²) in [6, 6.07) is 14.0. The van der Waals surface area contributed by atoms with E-state index in [-0.39, 0.29) is 17.6 Å². The Hall–Kier alpha value is -2.88. The fourth-order valence-electron chi connectivity index (χ4n) is 6.66. The maximum atomic E-state index is 13.9. The number of carbonyl (C=O) groups is 1. The van der Waals surface area contributed by atoms with Crippen LogP contribution in [0.1, 0.15) is 66.4 Å². The molecule has 1 amide bonds. The smallest absolute Gasteiger partial charge is 0.251 e. The van der Waals surface area contributed by atoms with Gasteiger partial charge in [-0.15, -0.1) is 0 Å². The van der Waals surface area contributed by atoms with Crippen LogP contribution in [0.15, 0.2) is 48.7 Å². The van der Waals surface area contributed by atoms with Crippen LogP contribution in [0.2, 0.25) is 0 Å². The second kappa shape index (κ2) is 9.94. The third-order valence-electron chi connectivity index (χ3n) is 9.13. The van der Waals surface area contributed by atoms with Crippen molar-refractivity contribution in [2.45, 2.75) is 75.6 Å². The van der Waals surface area contributed by atoms with Gasteiger partial charge in [-0.3, -0.25) is 9.10 Å². The van der Waals surface area contributed by atoms with E-state index in [2.05, 4.69) is 17.6 Å². The molecule has 6 rings (SSSR count). The molecule has 9 heteroatoms. The van der Waals surface area contributed by atoms with E-state index in [1.54, 1.807) is 13.1 Å². The molecule has 208 valence electrons. The number of nitrogens with zero attached hydrogens (tertiary/aromatic N) is 2. The number of aromatic nitrogens is 1. The van der Waals surface area contributed by atoms with E-state index in [9.17, 15) is 18.3 Å². The molecule has 1 unspecified atom stereocenters. The number of hydrogen-bond donors (Lipinski definition) is 3. The monoisotopic (exact) mass is 550 g/mol. The van der Waals surface area contributed by atoms with Crippen molar-refractivity contribution >= 4 is 32.5 Å². The first-order chi connectivity index (χ1) is 18.7. The van der Waals surface area contributed by atoms with Crippen molar-refractivity contribution in [3.05, 3.63) is 65.4 Å². The van der Waals surface area contributed by atoms with Gasteiger partial charge in [-0.05, 0) is 48.9 Å². The van der Waals surface area contributed by atoms with E-state index in [1.807, 2.05) is 47.2 Å². The molecule has 2 saturated carbocycles. The van der Waals surface area contributed by atoms with Gasteiger partial charge in [0.15, 0.2) is 0 Å². The topological polar surface area (TPSA) is 104 Å². The predicted molar refractivity (Wildman–Crippen MR) is 154 cm³/mol. The summed E-state index contributed by atoms with van der Waals surface area (Å²) >= 11 is 0. The van der Waals surface area contributed by atoms with Crippen molar-refractivity contribution in [1.82, 2.24) is 15.2 Å². The molecule has 0 bridgehead atoms. The van der Waals surface area contributed by atoms with Gasteiger partial charge in [-0.1, -0.05) is 50.1 Å². The van der Waals surface area contributed by atoms with Crippen LogP contribution in [-0.4, -0.2) is 61.0 Å². The Morgan fingerprint density at radius 3 is 2.64 bits per heavy atom. The molecule has 2 fully saturated rings. The fourth-order valence-corrected chi connectivity index (χ4v) is 7.80. The molecule has 2 heterocycles. The van der Waals surface area contributed by atoms with Crippen LogP contribution in [0.3, 0.4) is 0 Å². The molecule has 3 aromatic rings. The average molecular weight is 551 g/mol. The normalized spacial score (nSPS) is 25.0. The van der Waals surface area contributed by atoms with Crippen molar-refractivity contribution in [1.29, 1.82) is 0 Å². The van der Waals surface area contributed by atoms with Gasteiger partial charge in [-0.2, -0.15) is 0 Å². The van der Waals surface area contributed by atoms with E-state index < -0.39 is 21.7 Å². The van der Waals surface area contributed by atoms with Crippen LogP contribution in [0.5, 0.6) is 0 Å². The lowest BCUT2D eigenvalue weighted by Crippen LogP contribution is -2.52. The van der Waals surface area contributed by atoms with Gasteiger partial charge in [0.25, 0.3) is 5.91 Å². The standard InChI is InChI=1S/C30H38N4O4S/c1-3-20-19-34-13-14-39(37,38)33(2)26-16-22(15-24(20)28(26)34)29(36)32-30(17-25(30)21-9-5-4-6-10-21)27(35)18-31-23-11-7-8-12-23/h4-6,9-10,15-16,19,23,25,27,31,35H,3,7-8,11-14,17-18H2,1-2H3,(H,32,36)/t25-,27+,30?/m0/s1. The molecule has 39 heavy (non-hydrogen) atoms. The van der Waals surface area contributed by atoms with Crippen molar-refractivity contribution < 1.29 is 18.3 Å². The Morgan fingerprint density at radius 1 is 1.18 bits per heavy atom. The highest BCUT2D eigenvalue weighted by Gasteiger charge is 2.60. The first-order valence-corrected chi connectivity index (χ1v) is 15.8. The minimum Gasteiger partial charge on any atom is -0.389 e. The number of aliphatic hydroxyl groups is 1. The quantitative estimate of drug-likeness (QED) is 0.398. The summed E-state index contributed by atoms with van der Waals surface area (Å²) in [5.74, 6) is -0.283. The summed E-state index contributed by atoms with van der Waals surface area (Å²) in [5.41, 5.74) is 3.15. The highest BCUT2D eigenvalue weighted by Crippen LogP contribution is 2.54. The van der Waals surface area contributed by atoms with Gasteiger partial charge >= 0.3 is 0 Å². The first-order valence-electron chi connectivity index (χ1n) is 14.1. The lowest BCUT2D eigenvalue weighted by molar-refractivity contribution is 0.0773. The third kappa shape index (κ3) is 4.64. The van der Waals surface area contributed by atoms with E-state index in [4.69, 9.17) is 0 Å². The van der Waals surface area contributed by atoms with Gasteiger partial charge in [0, 0.05) is 49.2 Å². The van der Waals surface area contributed by atoms with Gasteiger partial charge in [0.05, 0.1) is 28.6 Å². The number of nitrogens with one attached hydrogen (secondary N) is 2. The Kier molecular flexibility index (Phi) is 6.72. The minimum atomic E-state index is -3.51. The Balaban J connectivity index is 1.34. The van der Waals surface area contributed by atoms with E-state index in [0.29, 0.717) is 36.8 Å². The molecule has 0 saturated heterocycles. The molecule has 3 N–H and O–H groups in total.